The van der Waals surface area contributed by atoms with Crippen LogP contribution in [0.25, 0.3) is 0 Å². The molecule has 2 N–H and O–H groups in total. The Morgan fingerprint density at radius 1 is 1.27 bits per heavy atom. The van der Waals surface area contributed by atoms with Crippen LogP contribution in [0.15, 0.2) is 18.6 Å². The first-order valence-electron chi connectivity index (χ1n) is 11.6. The van der Waals surface area contributed by atoms with Crippen molar-refractivity contribution >= 4 is 11.8 Å². The lowest BCUT2D eigenvalue weighted by atomic mass is 9.85. The molecule has 4 rings (SSSR count). The van der Waals surface area contributed by atoms with Gasteiger partial charge in [0.15, 0.2) is 0 Å². The molecule has 3 heterocycles. The van der Waals surface area contributed by atoms with E-state index in [0.717, 1.165) is 29.9 Å². The number of aliphatic hydroxyl groups is 1. The Morgan fingerprint density at radius 2 is 2.03 bits per heavy atom. The number of amides is 2. The van der Waals surface area contributed by atoms with Crippen molar-refractivity contribution in [1.82, 2.24) is 35.2 Å². The van der Waals surface area contributed by atoms with Gasteiger partial charge in [0.05, 0.1) is 23.2 Å². The zero-order chi connectivity index (χ0) is 23.8. The number of likely N-dealkylation sites (tertiary alicyclic amines) is 1. The molecule has 10 nitrogen and oxygen atoms in total. The topological polar surface area (TPSA) is 126 Å². The van der Waals surface area contributed by atoms with E-state index >= 15 is 0 Å². The molecular weight excluding hydrogens is 422 g/mol. The monoisotopic (exact) mass is 455 g/mol. The summed E-state index contributed by atoms with van der Waals surface area (Å²) in [6.45, 7) is 8.28. The molecule has 0 bridgehead atoms. The van der Waals surface area contributed by atoms with E-state index in [0.29, 0.717) is 18.9 Å². The molecular formula is C23H33N7O3. The zero-order valence-electron chi connectivity index (χ0n) is 19.7. The van der Waals surface area contributed by atoms with E-state index in [2.05, 4.69) is 25.6 Å². The van der Waals surface area contributed by atoms with Crippen molar-refractivity contribution in [2.75, 3.05) is 13.1 Å². The van der Waals surface area contributed by atoms with Gasteiger partial charge in [-0.1, -0.05) is 26.0 Å². The Labute approximate surface area is 193 Å². The van der Waals surface area contributed by atoms with Gasteiger partial charge in [-0.3, -0.25) is 19.6 Å². The lowest BCUT2D eigenvalue weighted by Gasteiger charge is -2.34. The van der Waals surface area contributed by atoms with Gasteiger partial charge in [0, 0.05) is 50.4 Å². The van der Waals surface area contributed by atoms with Crippen molar-refractivity contribution in [3.05, 3.63) is 35.7 Å². The predicted octanol–water partition coefficient (Wildman–Crippen LogP) is 1.16. The molecule has 2 aromatic heterocycles. The highest BCUT2D eigenvalue weighted by molar-refractivity contribution is 5.90. The number of carbonyl (C=O) groups is 2. The fourth-order valence-electron chi connectivity index (χ4n) is 4.39. The van der Waals surface area contributed by atoms with Gasteiger partial charge in [0.2, 0.25) is 11.8 Å². The minimum atomic E-state index is -0.745. The quantitative estimate of drug-likeness (QED) is 0.642. The molecule has 33 heavy (non-hydrogen) atoms. The Hall–Kier alpha value is -2.88. The molecule has 1 aliphatic heterocycles. The average molecular weight is 456 g/mol. The van der Waals surface area contributed by atoms with Crippen LogP contribution in [0, 0.1) is 12.3 Å². The molecule has 10 heteroatoms. The first-order valence-corrected chi connectivity index (χ1v) is 11.6. The normalized spacial score (nSPS) is 21.8. The molecule has 1 saturated carbocycles. The number of hydrogen-bond acceptors (Lipinski definition) is 7. The van der Waals surface area contributed by atoms with Crippen LogP contribution in [-0.2, 0) is 16.0 Å². The second kappa shape index (κ2) is 9.17. The number of rotatable bonds is 7. The van der Waals surface area contributed by atoms with Crippen LogP contribution in [0.4, 0.5) is 0 Å². The van der Waals surface area contributed by atoms with Crippen molar-refractivity contribution in [3.8, 4) is 0 Å². The number of aryl methyl sites for hydroxylation is 1. The summed E-state index contributed by atoms with van der Waals surface area (Å²) < 4.78 is 1.63. The van der Waals surface area contributed by atoms with Crippen LogP contribution in [0.5, 0.6) is 0 Å². The number of hydrogen-bond donors (Lipinski definition) is 2. The molecule has 0 unspecified atom stereocenters. The van der Waals surface area contributed by atoms with E-state index < -0.39 is 23.6 Å². The van der Waals surface area contributed by atoms with E-state index in [1.807, 2.05) is 33.9 Å². The van der Waals surface area contributed by atoms with Crippen molar-refractivity contribution in [2.45, 2.75) is 77.5 Å². The van der Waals surface area contributed by atoms with Gasteiger partial charge in [-0.05, 0) is 25.2 Å². The first kappa shape index (κ1) is 23.3. The van der Waals surface area contributed by atoms with Crippen LogP contribution in [-0.4, -0.2) is 72.0 Å². The first-order chi connectivity index (χ1) is 15.6. The maximum Gasteiger partial charge on any atom is 0.248 e. The minimum absolute atomic E-state index is 0.122. The minimum Gasteiger partial charge on any atom is -0.391 e. The van der Waals surface area contributed by atoms with Gasteiger partial charge in [-0.25, -0.2) is 4.68 Å². The summed E-state index contributed by atoms with van der Waals surface area (Å²) in [5.74, 6) is -0.0684. The summed E-state index contributed by atoms with van der Waals surface area (Å²) >= 11 is 0. The second-order valence-corrected chi connectivity index (χ2v) is 10.3. The highest BCUT2D eigenvalue weighted by Gasteiger charge is 2.45. The second-order valence-electron chi connectivity index (χ2n) is 10.3. The zero-order valence-corrected chi connectivity index (χ0v) is 19.7. The lowest BCUT2D eigenvalue weighted by Crippen LogP contribution is -2.50. The molecule has 0 radical (unpaired) electrons. The fraction of sp³-hybridized carbons (Fsp3) is 0.652. The molecule has 178 valence electrons. The van der Waals surface area contributed by atoms with Crippen LogP contribution < -0.4 is 5.32 Å². The SMILES string of the molecule is Cc1cncc(CCNC(=O)[C@@H]2C[C@@H](O)CN2C(=O)[C@@H](n2cc(C3CC3)nn2)C(C)(C)C)n1. The van der Waals surface area contributed by atoms with Crippen molar-refractivity contribution in [3.63, 3.8) is 0 Å². The number of aliphatic hydroxyl groups excluding tert-OH is 1. The van der Waals surface area contributed by atoms with Crippen LogP contribution in [0.3, 0.4) is 0 Å². The largest absolute Gasteiger partial charge is 0.391 e. The number of nitrogens with one attached hydrogen (secondary N) is 1. The van der Waals surface area contributed by atoms with Crippen LogP contribution >= 0.6 is 0 Å². The van der Waals surface area contributed by atoms with Crippen molar-refractivity contribution < 1.29 is 14.7 Å². The number of nitrogens with zero attached hydrogens (tertiary/aromatic N) is 6. The standard InChI is InChI=1S/C23H33N7O3/c1-14-10-24-11-16(26-14)7-8-25-21(32)19-9-17(31)12-29(19)22(33)20(23(2,3)4)30-13-18(27-28-30)15-5-6-15/h10-11,13,15,17,19-20,31H,5-9,12H2,1-4H3,(H,25,32)/t17-,19+,20-/m1/s1. The van der Waals surface area contributed by atoms with Gasteiger partial charge in [0.1, 0.15) is 12.1 Å². The smallest absolute Gasteiger partial charge is 0.248 e. The molecule has 0 spiro atoms. The third-order valence-corrected chi connectivity index (χ3v) is 6.19. The molecule has 3 atom stereocenters. The molecule has 0 aromatic carbocycles. The van der Waals surface area contributed by atoms with Crippen LogP contribution in [0.1, 0.15) is 69.1 Å². The fourth-order valence-corrected chi connectivity index (χ4v) is 4.39. The van der Waals surface area contributed by atoms with E-state index in [4.69, 9.17) is 0 Å². The summed E-state index contributed by atoms with van der Waals surface area (Å²) in [6.07, 6.45) is 7.42. The van der Waals surface area contributed by atoms with E-state index in [-0.39, 0.29) is 24.8 Å². The van der Waals surface area contributed by atoms with E-state index in [9.17, 15) is 14.7 Å². The summed E-state index contributed by atoms with van der Waals surface area (Å²) in [5.41, 5.74) is 2.07. The lowest BCUT2D eigenvalue weighted by molar-refractivity contribution is -0.144. The molecule has 2 aliphatic rings. The molecule has 2 aromatic rings. The Kier molecular flexibility index (Phi) is 6.47. The van der Waals surface area contributed by atoms with Crippen LogP contribution in [0.2, 0.25) is 0 Å². The van der Waals surface area contributed by atoms with Crippen molar-refractivity contribution in [2.24, 2.45) is 5.41 Å². The summed E-state index contributed by atoms with van der Waals surface area (Å²) in [7, 11) is 0. The molecule has 1 saturated heterocycles. The highest BCUT2D eigenvalue weighted by Crippen LogP contribution is 2.40. The van der Waals surface area contributed by atoms with E-state index in [1.54, 1.807) is 17.1 Å². The maximum absolute atomic E-state index is 13.7. The summed E-state index contributed by atoms with van der Waals surface area (Å²) in [5, 5.41) is 21.7. The van der Waals surface area contributed by atoms with Gasteiger partial charge >= 0.3 is 0 Å². The number of β-amino-alcohol motifs (C(OH)–C–C–N with tert-alkyl or cyclic N) is 1. The third kappa shape index (κ3) is 5.38. The Balaban J connectivity index is 1.46. The number of carbonyl (C=O) groups excluding carboxylic acids is 2. The highest BCUT2D eigenvalue weighted by atomic mass is 16.3. The average Bonchev–Trinajstić information content (AvgIpc) is 3.34. The molecule has 1 aliphatic carbocycles. The third-order valence-electron chi connectivity index (χ3n) is 6.19. The number of aromatic nitrogens is 5. The van der Waals surface area contributed by atoms with Gasteiger partial charge in [-0.15, -0.1) is 5.10 Å². The predicted molar refractivity (Wildman–Crippen MR) is 120 cm³/mol. The van der Waals surface area contributed by atoms with Gasteiger partial charge in [0.25, 0.3) is 0 Å². The Morgan fingerprint density at radius 3 is 2.70 bits per heavy atom. The summed E-state index contributed by atoms with van der Waals surface area (Å²) in [4.78, 5) is 36.7. The van der Waals surface area contributed by atoms with Gasteiger partial charge in [-0.2, -0.15) is 0 Å². The maximum atomic E-state index is 13.7. The van der Waals surface area contributed by atoms with E-state index in [1.165, 1.54) is 4.90 Å². The summed E-state index contributed by atoms with van der Waals surface area (Å²) in [6, 6.07) is -1.35. The Bertz CT molecular complexity index is 1010. The van der Waals surface area contributed by atoms with Gasteiger partial charge < -0.3 is 15.3 Å². The molecule has 2 fully saturated rings. The molecule has 2 amide bonds. The van der Waals surface area contributed by atoms with Crippen molar-refractivity contribution in [1.29, 1.82) is 0 Å².